The molecular weight excluding hydrogens is 241 g/mol. The lowest BCUT2D eigenvalue weighted by atomic mass is 10.1. The number of halogens is 1. The van der Waals surface area contributed by atoms with Gasteiger partial charge in [-0.2, -0.15) is 0 Å². The Labute approximate surface area is 102 Å². The zero-order valence-electron chi connectivity index (χ0n) is 10.8. The third-order valence-corrected chi connectivity index (χ3v) is 4.41. The van der Waals surface area contributed by atoms with Gasteiger partial charge in [0.15, 0.2) is 0 Å². The third kappa shape index (κ3) is 2.84. The highest BCUT2D eigenvalue weighted by molar-refractivity contribution is 7.89. The largest absolute Gasteiger partial charge is 0.241 e. The van der Waals surface area contributed by atoms with Crippen molar-refractivity contribution in [3.8, 4) is 0 Å². The molecule has 0 fully saturated rings. The normalized spacial score (nSPS) is 12.2. The van der Waals surface area contributed by atoms with Crippen LogP contribution in [0.4, 0.5) is 4.39 Å². The second kappa shape index (κ2) is 4.74. The lowest BCUT2D eigenvalue weighted by Gasteiger charge is -2.15. The number of hydrogen-bond donors (Lipinski definition) is 1. The van der Waals surface area contributed by atoms with E-state index in [-0.39, 0.29) is 16.5 Å². The highest BCUT2D eigenvalue weighted by Gasteiger charge is 2.23. The molecule has 1 aromatic rings. The maximum Gasteiger partial charge on any atom is 0.241 e. The summed E-state index contributed by atoms with van der Waals surface area (Å²) in [5.74, 6) is -0.459. The Bertz CT molecular complexity index is 536. The molecule has 96 valence electrons. The van der Waals surface area contributed by atoms with E-state index in [0.717, 1.165) is 0 Å². The van der Waals surface area contributed by atoms with Crippen LogP contribution in [0, 0.1) is 26.6 Å². The van der Waals surface area contributed by atoms with Crippen molar-refractivity contribution in [1.29, 1.82) is 0 Å². The van der Waals surface area contributed by atoms with Crippen LogP contribution in [0.1, 0.15) is 30.5 Å². The van der Waals surface area contributed by atoms with Crippen LogP contribution in [-0.2, 0) is 10.0 Å². The smallest absolute Gasteiger partial charge is 0.209 e. The first-order chi connectivity index (χ1) is 7.66. The van der Waals surface area contributed by atoms with E-state index in [1.165, 1.54) is 6.92 Å². The van der Waals surface area contributed by atoms with E-state index in [9.17, 15) is 12.8 Å². The molecule has 0 heterocycles. The zero-order valence-corrected chi connectivity index (χ0v) is 11.6. The summed E-state index contributed by atoms with van der Waals surface area (Å²) in [6.07, 6.45) is 0. The Kier molecular flexibility index (Phi) is 3.94. The van der Waals surface area contributed by atoms with Crippen molar-refractivity contribution in [3.63, 3.8) is 0 Å². The van der Waals surface area contributed by atoms with Gasteiger partial charge < -0.3 is 0 Å². The van der Waals surface area contributed by atoms with Crippen LogP contribution in [-0.4, -0.2) is 14.5 Å². The first kappa shape index (κ1) is 14.1. The van der Waals surface area contributed by atoms with Gasteiger partial charge in [-0.15, -0.1) is 0 Å². The SMILES string of the molecule is Cc1cc(C)c(S(=O)(=O)NC(C)C)c(C)c1F. The summed E-state index contributed by atoms with van der Waals surface area (Å²) in [4.78, 5) is 0.0503. The fourth-order valence-corrected chi connectivity index (χ4v) is 3.64. The van der Waals surface area contributed by atoms with Crippen molar-refractivity contribution < 1.29 is 12.8 Å². The Morgan fingerprint density at radius 3 is 2.18 bits per heavy atom. The number of benzene rings is 1. The van der Waals surface area contributed by atoms with Crippen molar-refractivity contribution in [3.05, 3.63) is 28.6 Å². The van der Waals surface area contributed by atoms with Crippen LogP contribution in [0.15, 0.2) is 11.0 Å². The predicted octanol–water partition coefficient (Wildman–Crippen LogP) is 2.44. The second-order valence-electron chi connectivity index (χ2n) is 4.55. The predicted molar refractivity (Wildman–Crippen MR) is 66.1 cm³/mol. The molecule has 17 heavy (non-hydrogen) atoms. The molecule has 1 rings (SSSR count). The van der Waals surface area contributed by atoms with E-state index in [2.05, 4.69) is 4.72 Å². The Morgan fingerprint density at radius 1 is 1.18 bits per heavy atom. The molecule has 0 unspecified atom stereocenters. The zero-order chi connectivity index (χ0) is 13.4. The maximum atomic E-state index is 13.7. The number of nitrogens with one attached hydrogen (secondary N) is 1. The molecule has 0 aliphatic heterocycles. The lowest BCUT2D eigenvalue weighted by Crippen LogP contribution is -2.31. The molecule has 0 amide bonds. The lowest BCUT2D eigenvalue weighted by molar-refractivity contribution is 0.562. The van der Waals surface area contributed by atoms with Gasteiger partial charge in [-0.05, 0) is 45.7 Å². The van der Waals surface area contributed by atoms with Gasteiger partial charge in [-0.1, -0.05) is 6.07 Å². The van der Waals surface area contributed by atoms with Gasteiger partial charge in [0.2, 0.25) is 10.0 Å². The first-order valence-corrected chi connectivity index (χ1v) is 6.93. The number of hydrogen-bond acceptors (Lipinski definition) is 2. The van der Waals surface area contributed by atoms with Crippen molar-refractivity contribution >= 4 is 10.0 Å². The summed E-state index contributed by atoms with van der Waals surface area (Å²) >= 11 is 0. The van der Waals surface area contributed by atoms with Crippen LogP contribution >= 0.6 is 0 Å². The molecule has 0 bridgehead atoms. The Morgan fingerprint density at radius 2 is 1.71 bits per heavy atom. The molecule has 0 saturated heterocycles. The molecule has 0 saturated carbocycles. The van der Waals surface area contributed by atoms with E-state index < -0.39 is 15.8 Å². The van der Waals surface area contributed by atoms with Gasteiger partial charge in [-0.3, -0.25) is 0 Å². The van der Waals surface area contributed by atoms with E-state index in [0.29, 0.717) is 11.1 Å². The summed E-state index contributed by atoms with van der Waals surface area (Å²) in [7, 11) is -3.65. The molecule has 0 atom stereocenters. The average molecular weight is 259 g/mol. The molecule has 1 aromatic carbocycles. The van der Waals surface area contributed by atoms with Gasteiger partial charge in [0, 0.05) is 11.6 Å². The van der Waals surface area contributed by atoms with Gasteiger partial charge in [0.05, 0.1) is 4.90 Å². The van der Waals surface area contributed by atoms with Crippen molar-refractivity contribution in [2.75, 3.05) is 0 Å². The molecule has 5 heteroatoms. The van der Waals surface area contributed by atoms with E-state index >= 15 is 0 Å². The third-order valence-electron chi connectivity index (χ3n) is 2.47. The Hall–Kier alpha value is -0.940. The quantitative estimate of drug-likeness (QED) is 0.906. The number of sulfonamides is 1. The Balaban J connectivity index is 3.47. The molecule has 0 aromatic heterocycles. The molecule has 3 nitrogen and oxygen atoms in total. The topological polar surface area (TPSA) is 46.2 Å². The number of rotatable bonds is 3. The summed E-state index contributed by atoms with van der Waals surface area (Å²) < 4.78 is 40.4. The molecule has 0 radical (unpaired) electrons. The summed E-state index contributed by atoms with van der Waals surface area (Å²) in [5.41, 5.74) is 1.20. The van der Waals surface area contributed by atoms with Crippen LogP contribution in [0.5, 0.6) is 0 Å². The van der Waals surface area contributed by atoms with Crippen LogP contribution in [0.25, 0.3) is 0 Å². The van der Waals surface area contributed by atoms with Gasteiger partial charge in [0.1, 0.15) is 5.82 Å². The van der Waals surface area contributed by atoms with Crippen molar-refractivity contribution in [2.45, 2.75) is 45.6 Å². The highest BCUT2D eigenvalue weighted by Crippen LogP contribution is 2.25. The molecular formula is C12H18FNO2S. The van der Waals surface area contributed by atoms with Crippen LogP contribution in [0.3, 0.4) is 0 Å². The van der Waals surface area contributed by atoms with Crippen LogP contribution in [0.2, 0.25) is 0 Å². The van der Waals surface area contributed by atoms with Crippen molar-refractivity contribution in [1.82, 2.24) is 4.72 Å². The molecule has 0 aliphatic rings. The monoisotopic (exact) mass is 259 g/mol. The summed E-state index contributed by atoms with van der Waals surface area (Å²) in [6, 6.07) is 1.33. The second-order valence-corrected chi connectivity index (χ2v) is 6.21. The molecule has 0 spiro atoms. The minimum Gasteiger partial charge on any atom is -0.209 e. The fourth-order valence-electron chi connectivity index (χ4n) is 1.93. The maximum absolute atomic E-state index is 13.7. The minimum absolute atomic E-state index is 0.0503. The minimum atomic E-state index is -3.65. The standard InChI is InChI=1S/C12H18FNO2S/c1-7(2)14-17(15,16)12-9(4)6-8(3)11(13)10(12)5/h6-7,14H,1-5H3. The van der Waals surface area contributed by atoms with E-state index in [1.807, 2.05) is 0 Å². The highest BCUT2D eigenvalue weighted by atomic mass is 32.2. The first-order valence-electron chi connectivity index (χ1n) is 5.45. The average Bonchev–Trinajstić information content (AvgIpc) is 2.11. The van der Waals surface area contributed by atoms with E-state index in [1.54, 1.807) is 33.8 Å². The van der Waals surface area contributed by atoms with Crippen LogP contribution < -0.4 is 4.72 Å². The van der Waals surface area contributed by atoms with Gasteiger partial charge in [-0.25, -0.2) is 17.5 Å². The summed E-state index contributed by atoms with van der Waals surface area (Å²) in [5, 5.41) is 0. The molecule has 0 aliphatic carbocycles. The van der Waals surface area contributed by atoms with Crippen molar-refractivity contribution in [2.24, 2.45) is 0 Å². The molecule has 1 N–H and O–H groups in total. The van der Waals surface area contributed by atoms with E-state index in [4.69, 9.17) is 0 Å². The van der Waals surface area contributed by atoms with Gasteiger partial charge in [0.25, 0.3) is 0 Å². The fraction of sp³-hybridized carbons (Fsp3) is 0.500. The summed E-state index contributed by atoms with van der Waals surface area (Å²) in [6.45, 7) is 8.25. The number of aryl methyl sites for hydroxylation is 2. The van der Waals surface area contributed by atoms with Gasteiger partial charge >= 0.3 is 0 Å².